The molecule has 1 spiro atoms. The van der Waals surface area contributed by atoms with Crippen molar-refractivity contribution in [3.63, 3.8) is 0 Å². The van der Waals surface area contributed by atoms with E-state index >= 15 is 0 Å². The monoisotopic (exact) mass is 503 g/mol. The molecular weight excluding hydrogens is 474 g/mol. The lowest BCUT2D eigenvalue weighted by atomic mass is 9.73. The number of rotatable bonds is 3. The van der Waals surface area contributed by atoms with Crippen LogP contribution in [0.2, 0.25) is 0 Å². The Kier molecular flexibility index (Phi) is 4.48. The molecule has 3 aliphatic rings. The van der Waals surface area contributed by atoms with E-state index in [1.54, 1.807) is 0 Å². The maximum atomic E-state index is 13.5. The number of aromatic amines is 2. The minimum absolute atomic E-state index is 0.0612. The number of hydrogen-bond acceptors (Lipinski definition) is 6. The fraction of sp³-hybridized carbons (Fsp3) is 0.333. The first-order chi connectivity index (χ1) is 18.6. The zero-order valence-corrected chi connectivity index (χ0v) is 21.1. The Bertz CT molecular complexity index is 1770. The van der Waals surface area contributed by atoms with Gasteiger partial charge in [0.25, 0.3) is 5.56 Å². The van der Waals surface area contributed by atoms with Gasteiger partial charge in [0.2, 0.25) is 5.95 Å². The van der Waals surface area contributed by atoms with Gasteiger partial charge in [-0.15, -0.1) is 0 Å². The smallest absolute Gasteiger partial charge is 0.263 e. The van der Waals surface area contributed by atoms with Crippen molar-refractivity contribution in [1.29, 1.82) is 0 Å². The third kappa shape index (κ3) is 3.07. The van der Waals surface area contributed by atoms with Crippen molar-refractivity contribution < 1.29 is 0 Å². The SMILES string of the molecule is N[C@@H]1c2ccccc2CC12CCN(c1nc3[nH]nc(C4(c5ccc6ncccc6c5)CC4)c3c(=O)[nH]1)CC2. The summed E-state index contributed by atoms with van der Waals surface area (Å²) in [4.78, 5) is 28.1. The van der Waals surface area contributed by atoms with E-state index in [4.69, 9.17) is 10.7 Å². The first-order valence-electron chi connectivity index (χ1n) is 13.5. The number of benzene rings is 2. The molecule has 0 amide bonds. The number of piperidine rings is 1. The second kappa shape index (κ2) is 7.74. The lowest BCUT2D eigenvalue weighted by Crippen LogP contribution is -2.45. The predicted octanol–water partition coefficient (Wildman–Crippen LogP) is 4.12. The molecule has 8 nitrogen and oxygen atoms in total. The second-order valence-electron chi connectivity index (χ2n) is 11.4. The molecule has 4 N–H and O–H groups in total. The Morgan fingerprint density at radius 3 is 2.66 bits per heavy atom. The summed E-state index contributed by atoms with van der Waals surface area (Å²) < 4.78 is 0. The van der Waals surface area contributed by atoms with E-state index in [0.717, 1.165) is 61.8 Å². The third-order valence-corrected chi connectivity index (χ3v) is 9.43. The number of hydrogen-bond donors (Lipinski definition) is 3. The molecule has 5 aromatic rings. The molecule has 1 atom stereocenters. The van der Waals surface area contributed by atoms with Gasteiger partial charge in [0.1, 0.15) is 5.39 Å². The van der Waals surface area contributed by atoms with Crippen LogP contribution >= 0.6 is 0 Å². The van der Waals surface area contributed by atoms with Gasteiger partial charge in [0.15, 0.2) is 5.65 Å². The zero-order valence-electron chi connectivity index (χ0n) is 21.1. The van der Waals surface area contributed by atoms with Crippen LogP contribution in [0.1, 0.15) is 54.1 Å². The van der Waals surface area contributed by atoms with Gasteiger partial charge in [-0.2, -0.15) is 10.1 Å². The number of H-pyrrole nitrogens is 2. The number of fused-ring (bicyclic) bond motifs is 3. The Morgan fingerprint density at radius 2 is 1.84 bits per heavy atom. The van der Waals surface area contributed by atoms with E-state index < -0.39 is 0 Å². The summed E-state index contributed by atoms with van der Waals surface area (Å²) >= 11 is 0. The van der Waals surface area contributed by atoms with E-state index in [1.165, 1.54) is 16.7 Å². The number of aromatic nitrogens is 5. The summed E-state index contributed by atoms with van der Waals surface area (Å²) in [5.74, 6) is 0.609. The minimum atomic E-state index is -0.260. The quantitative estimate of drug-likeness (QED) is 0.341. The number of pyridine rings is 1. The lowest BCUT2D eigenvalue weighted by Gasteiger charge is -2.42. The molecule has 2 fully saturated rings. The highest BCUT2D eigenvalue weighted by atomic mass is 16.1. The third-order valence-electron chi connectivity index (χ3n) is 9.43. The van der Waals surface area contributed by atoms with Crippen LogP contribution in [0.15, 0.2) is 65.6 Å². The van der Waals surface area contributed by atoms with Crippen molar-refractivity contribution in [3.8, 4) is 0 Å². The normalized spacial score (nSPS) is 21.3. The van der Waals surface area contributed by atoms with Gasteiger partial charge in [-0.1, -0.05) is 36.4 Å². The molecule has 0 radical (unpaired) electrons. The summed E-state index contributed by atoms with van der Waals surface area (Å²) in [6, 6.07) is 19.0. The van der Waals surface area contributed by atoms with Crippen LogP contribution in [-0.4, -0.2) is 38.2 Å². The molecule has 4 heterocycles. The van der Waals surface area contributed by atoms with Crippen LogP contribution in [0.5, 0.6) is 0 Å². The molecule has 38 heavy (non-hydrogen) atoms. The molecule has 0 unspecified atom stereocenters. The zero-order chi connectivity index (χ0) is 25.5. The molecule has 0 bridgehead atoms. The lowest BCUT2D eigenvalue weighted by molar-refractivity contribution is 0.187. The topological polar surface area (TPSA) is 117 Å². The largest absolute Gasteiger partial charge is 0.342 e. The molecule has 1 aliphatic heterocycles. The van der Waals surface area contributed by atoms with E-state index in [2.05, 4.69) is 73.6 Å². The van der Waals surface area contributed by atoms with Crippen LogP contribution in [0.3, 0.4) is 0 Å². The molecule has 8 heteroatoms. The summed E-state index contributed by atoms with van der Waals surface area (Å²) in [7, 11) is 0. The van der Waals surface area contributed by atoms with E-state index in [9.17, 15) is 4.79 Å². The van der Waals surface area contributed by atoms with Gasteiger partial charge < -0.3 is 10.6 Å². The van der Waals surface area contributed by atoms with Crippen molar-refractivity contribution in [2.75, 3.05) is 18.0 Å². The second-order valence-corrected chi connectivity index (χ2v) is 11.4. The van der Waals surface area contributed by atoms with E-state index in [1.807, 2.05) is 12.3 Å². The highest BCUT2D eigenvalue weighted by Gasteiger charge is 2.50. The van der Waals surface area contributed by atoms with Crippen LogP contribution in [0.4, 0.5) is 5.95 Å². The van der Waals surface area contributed by atoms with Crippen molar-refractivity contribution in [2.45, 2.75) is 43.6 Å². The van der Waals surface area contributed by atoms with Crippen molar-refractivity contribution in [3.05, 3.63) is 93.5 Å². The van der Waals surface area contributed by atoms with Gasteiger partial charge >= 0.3 is 0 Å². The molecule has 190 valence electrons. The summed E-state index contributed by atoms with van der Waals surface area (Å²) in [6.07, 6.45) is 6.69. The highest BCUT2D eigenvalue weighted by Crippen LogP contribution is 2.54. The van der Waals surface area contributed by atoms with Gasteiger partial charge in [0, 0.05) is 36.1 Å². The minimum Gasteiger partial charge on any atom is -0.342 e. The maximum absolute atomic E-state index is 13.5. The van der Waals surface area contributed by atoms with Gasteiger partial charge in [-0.3, -0.25) is 19.9 Å². The Labute approximate surface area is 219 Å². The molecule has 8 rings (SSSR count). The fourth-order valence-electron chi connectivity index (χ4n) is 7.05. The standard InChI is InChI=1S/C30H29N7O/c31-24-21-6-2-1-4-19(21)17-29(24)11-14-37(15-12-29)28-33-26-23(27(38)34-28)25(35-36-26)30(9-10-30)20-7-8-22-18(16-20)5-3-13-32-22/h1-8,13,16,24H,9-12,14-15,17,31H2,(H2,33,34,35,36,38)/t24-/m1/s1. The number of nitrogens with one attached hydrogen (secondary N) is 2. The van der Waals surface area contributed by atoms with E-state index in [-0.39, 0.29) is 22.4 Å². The first kappa shape index (κ1) is 22.0. The number of nitrogens with two attached hydrogens (primary N) is 1. The fourth-order valence-corrected chi connectivity index (χ4v) is 7.05. The molecule has 2 aromatic carbocycles. The predicted molar refractivity (Wildman–Crippen MR) is 147 cm³/mol. The van der Waals surface area contributed by atoms with Crippen molar-refractivity contribution >= 4 is 27.9 Å². The summed E-state index contributed by atoms with van der Waals surface area (Å²) in [6.45, 7) is 1.62. The average molecular weight is 504 g/mol. The molecule has 1 saturated heterocycles. The van der Waals surface area contributed by atoms with E-state index in [0.29, 0.717) is 17.0 Å². The van der Waals surface area contributed by atoms with Crippen LogP contribution in [0.25, 0.3) is 21.9 Å². The maximum Gasteiger partial charge on any atom is 0.263 e. The molecule has 3 aromatic heterocycles. The van der Waals surface area contributed by atoms with Gasteiger partial charge in [-0.25, -0.2) is 0 Å². The Hall–Kier alpha value is -4.04. The van der Waals surface area contributed by atoms with Crippen LogP contribution in [-0.2, 0) is 11.8 Å². The number of anilines is 1. The van der Waals surface area contributed by atoms with Gasteiger partial charge in [-0.05, 0) is 72.4 Å². The number of nitrogens with zero attached hydrogens (tertiary/aromatic N) is 4. The average Bonchev–Trinajstić information content (AvgIpc) is 3.57. The highest BCUT2D eigenvalue weighted by molar-refractivity contribution is 5.83. The Morgan fingerprint density at radius 1 is 1.00 bits per heavy atom. The summed E-state index contributed by atoms with van der Waals surface area (Å²) in [5, 5.41) is 9.42. The van der Waals surface area contributed by atoms with Crippen molar-refractivity contribution in [1.82, 2.24) is 25.1 Å². The molecule has 2 aliphatic carbocycles. The van der Waals surface area contributed by atoms with Gasteiger partial charge in [0.05, 0.1) is 11.2 Å². The van der Waals surface area contributed by atoms with Crippen LogP contribution < -0.4 is 16.2 Å². The van der Waals surface area contributed by atoms with Crippen molar-refractivity contribution in [2.24, 2.45) is 11.1 Å². The van der Waals surface area contributed by atoms with Crippen LogP contribution in [0, 0.1) is 5.41 Å². The Balaban J connectivity index is 1.09. The molecular formula is C30H29N7O. The molecule has 1 saturated carbocycles. The first-order valence-corrected chi connectivity index (χ1v) is 13.5. The summed E-state index contributed by atoms with van der Waals surface area (Å²) in [5.41, 5.74) is 12.6.